The van der Waals surface area contributed by atoms with Crippen molar-refractivity contribution in [2.45, 2.75) is 45.4 Å². The summed E-state index contributed by atoms with van der Waals surface area (Å²) in [5, 5.41) is 4.48. The molecule has 2 heterocycles. The van der Waals surface area contributed by atoms with Crippen molar-refractivity contribution in [1.29, 1.82) is 0 Å². The van der Waals surface area contributed by atoms with E-state index in [1.807, 2.05) is 23.6 Å². The number of carbonyl (C=O) groups is 1. The Morgan fingerprint density at radius 2 is 2.09 bits per heavy atom. The van der Waals surface area contributed by atoms with Gasteiger partial charge in [-0.15, -0.1) is 11.8 Å². The molecule has 1 aromatic rings. The maximum Gasteiger partial charge on any atom is 0.233 e. The molecule has 0 aliphatic carbocycles. The van der Waals surface area contributed by atoms with Crippen LogP contribution in [0.5, 0.6) is 0 Å². The highest BCUT2D eigenvalue weighted by Crippen LogP contribution is 2.31. The molecule has 124 valence electrons. The van der Waals surface area contributed by atoms with Gasteiger partial charge >= 0.3 is 0 Å². The van der Waals surface area contributed by atoms with E-state index in [1.165, 1.54) is 0 Å². The number of amides is 1. The van der Waals surface area contributed by atoms with Gasteiger partial charge in [-0.2, -0.15) is 5.10 Å². The monoisotopic (exact) mass is 325 g/mol. The molecule has 5 nitrogen and oxygen atoms in total. The van der Waals surface area contributed by atoms with Gasteiger partial charge in [0.05, 0.1) is 30.7 Å². The fraction of sp³-hybridized carbons (Fsp3) is 0.750. The first-order valence-electron chi connectivity index (χ1n) is 7.72. The van der Waals surface area contributed by atoms with E-state index >= 15 is 0 Å². The second-order valence-electron chi connectivity index (χ2n) is 6.79. The van der Waals surface area contributed by atoms with E-state index < -0.39 is 0 Å². The minimum absolute atomic E-state index is 0.0180. The fourth-order valence-corrected chi connectivity index (χ4v) is 3.50. The van der Waals surface area contributed by atoms with Crippen molar-refractivity contribution in [3.8, 4) is 0 Å². The van der Waals surface area contributed by atoms with E-state index in [2.05, 4.69) is 32.8 Å². The molecule has 1 saturated heterocycles. The molecule has 0 aromatic carbocycles. The minimum Gasteiger partial charge on any atom is -0.377 e. The molecule has 1 atom stereocenters. The number of hydrogen-bond acceptors (Lipinski definition) is 4. The van der Waals surface area contributed by atoms with Crippen LogP contribution in [0.15, 0.2) is 0 Å². The Bertz CT molecular complexity index is 548. The van der Waals surface area contributed by atoms with Gasteiger partial charge in [0.2, 0.25) is 5.91 Å². The van der Waals surface area contributed by atoms with Crippen LogP contribution in [0.25, 0.3) is 0 Å². The highest BCUT2D eigenvalue weighted by Gasteiger charge is 2.32. The minimum atomic E-state index is -0.0180. The molecule has 1 aromatic heterocycles. The molecule has 0 saturated carbocycles. The van der Waals surface area contributed by atoms with Gasteiger partial charge in [0.15, 0.2) is 0 Å². The quantitative estimate of drug-likeness (QED) is 0.856. The third-order valence-corrected chi connectivity index (χ3v) is 5.23. The van der Waals surface area contributed by atoms with Crippen molar-refractivity contribution in [3.63, 3.8) is 0 Å². The molecule has 22 heavy (non-hydrogen) atoms. The van der Waals surface area contributed by atoms with Crippen LogP contribution in [0.4, 0.5) is 0 Å². The summed E-state index contributed by atoms with van der Waals surface area (Å²) in [6.07, 6.45) is 0. The Hall–Kier alpha value is -1.01. The Balaban J connectivity index is 2.19. The smallest absolute Gasteiger partial charge is 0.233 e. The summed E-state index contributed by atoms with van der Waals surface area (Å²) < 4.78 is 7.62. The molecular weight excluding hydrogens is 298 g/mol. The van der Waals surface area contributed by atoms with Crippen LogP contribution in [0.3, 0.4) is 0 Å². The maximum absolute atomic E-state index is 12.7. The largest absolute Gasteiger partial charge is 0.377 e. The highest BCUT2D eigenvalue weighted by molar-refractivity contribution is 8.01. The van der Waals surface area contributed by atoms with Gasteiger partial charge in [0.25, 0.3) is 0 Å². The predicted octanol–water partition coefficient (Wildman–Crippen LogP) is 2.47. The van der Waals surface area contributed by atoms with Gasteiger partial charge in [-0.25, -0.2) is 0 Å². The van der Waals surface area contributed by atoms with E-state index in [-0.39, 0.29) is 16.7 Å². The van der Waals surface area contributed by atoms with Crippen LogP contribution in [0.2, 0.25) is 0 Å². The first-order valence-corrected chi connectivity index (χ1v) is 8.70. The summed E-state index contributed by atoms with van der Waals surface area (Å²) in [5.41, 5.74) is 3.22. The van der Waals surface area contributed by atoms with Crippen LogP contribution in [0.1, 0.15) is 43.8 Å². The lowest BCUT2D eigenvalue weighted by atomic mass is 10.0. The van der Waals surface area contributed by atoms with Gasteiger partial charge in [-0.1, -0.05) is 20.8 Å². The highest BCUT2D eigenvalue weighted by atomic mass is 32.2. The van der Waals surface area contributed by atoms with Gasteiger partial charge in [-0.3, -0.25) is 9.48 Å². The summed E-state index contributed by atoms with van der Waals surface area (Å²) >= 11 is 1.69. The Kier molecular flexibility index (Phi) is 5.22. The van der Waals surface area contributed by atoms with Crippen molar-refractivity contribution in [2.75, 3.05) is 25.5 Å². The molecule has 1 aliphatic rings. The average Bonchev–Trinajstić information content (AvgIpc) is 2.69. The molecule has 1 fully saturated rings. The summed E-state index contributed by atoms with van der Waals surface area (Å²) in [6.45, 7) is 12.3. The van der Waals surface area contributed by atoms with E-state index in [4.69, 9.17) is 4.74 Å². The van der Waals surface area contributed by atoms with Gasteiger partial charge in [0, 0.05) is 29.6 Å². The number of nitrogens with zero attached hydrogens (tertiary/aromatic N) is 3. The van der Waals surface area contributed by atoms with Crippen LogP contribution < -0.4 is 0 Å². The number of aromatic nitrogens is 2. The average molecular weight is 325 g/mol. The molecule has 0 bridgehead atoms. The second-order valence-corrected chi connectivity index (χ2v) is 8.59. The van der Waals surface area contributed by atoms with Gasteiger partial charge in [0.1, 0.15) is 0 Å². The number of aryl methyl sites for hydroxylation is 2. The molecular formula is C16H27N3O2S. The molecule has 0 N–H and O–H groups in total. The maximum atomic E-state index is 12.7. The van der Waals surface area contributed by atoms with Gasteiger partial charge in [-0.05, 0) is 13.8 Å². The summed E-state index contributed by atoms with van der Waals surface area (Å²) in [6, 6.07) is -0.0180. The molecule has 0 radical (unpaired) electrons. The Morgan fingerprint density at radius 3 is 2.64 bits per heavy atom. The summed E-state index contributed by atoms with van der Waals surface area (Å²) in [7, 11) is 1.94. The van der Waals surface area contributed by atoms with Crippen LogP contribution >= 0.6 is 11.8 Å². The first kappa shape index (κ1) is 17.3. The summed E-state index contributed by atoms with van der Waals surface area (Å²) in [4.78, 5) is 14.7. The van der Waals surface area contributed by atoms with Crippen LogP contribution in [0, 0.1) is 13.8 Å². The van der Waals surface area contributed by atoms with Crippen molar-refractivity contribution in [3.05, 3.63) is 17.0 Å². The van der Waals surface area contributed by atoms with Gasteiger partial charge < -0.3 is 9.64 Å². The number of carbonyl (C=O) groups excluding carboxylic acids is 1. The normalized spacial score (nSPS) is 19.5. The molecule has 2 rings (SSSR count). The molecule has 1 aliphatic heterocycles. The van der Waals surface area contributed by atoms with Crippen molar-refractivity contribution >= 4 is 17.7 Å². The zero-order valence-corrected chi connectivity index (χ0v) is 15.3. The number of morpholine rings is 1. The number of hydrogen-bond donors (Lipinski definition) is 0. The number of ether oxygens (including phenoxy) is 1. The van der Waals surface area contributed by atoms with Crippen LogP contribution in [-0.2, 0) is 16.6 Å². The third kappa shape index (κ3) is 3.84. The Morgan fingerprint density at radius 1 is 1.41 bits per heavy atom. The lowest BCUT2D eigenvalue weighted by molar-refractivity contribution is -0.137. The van der Waals surface area contributed by atoms with E-state index in [0.717, 1.165) is 17.0 Å². The van der Waals surface area contributed by atoms with E-state index in [1.54, 1.807) is 11.8 Å². The SMILES string of the molecule is Cc1nn(C)c(C)c1[C@@H]1COCCN1C(=O)CSC(C)(C)C. The van der Waals surface area contributed by atoms with Crippen molar-refractivity contribution in [2.24, 2.45) is 7.05 Å². The number of thioether (sulfide) groups is 1. The molecule has 6 heteroatoms. The third-order valence-electron chi connectivity index (χ3n) is 3.98. The van der Waals surface area contributed by atoms with Crippen LogP contribution in [-0.4, -0.2) is 50.8 Å². The zero-order valence-electron chi connectivity index (χ0n) is 14.5. The first-order chi connectivity index (χ1) is 10.2. The lowest BCUT2D eigenvalue weighted by Gasteiger charge is -2.36. The standard InChI is InChI=1S/C16H27N3O2S/c1-11-15(12(2)18(6)17-11)13-9-21-8-7-19(13)14(20)10-22-16(3,4)5/h13H,7-10H2,1-6H3/t13-/m0/s1. The van der Waals surface area contributed by atoms with Crippen molar-refractivity contribution in [1.82, 2.24) is 14.7 Å². The van der Waals surface area contributed by atoms with E-state index in [0.29, 0.717) is 25.5 Å². The second kappa shape index (κ2) is 6.62. The predicted molar refractivity (Wildman–Crippen MR) is 90.2 cm³/mol. The van der Waals surface area contributed by atoms with Crippen molar-refractivity contribution < 1.29 is 9.53 Å². The molecule has 1 amide bonds. The molecule has 0 unspecified atom stereocenters. The Labute approximate surface area is 137 Å². The number of rotatable bonds is 3. The molecule has 0 spiro atoms. The van der Waals surface area contributed by atoms with E-state index in [9.17, 15) is 4.79 Å². The fourth-order valence-electron chi connectivity index (χ4n) is 2.77. The lowest BCUT2D eigenvalue weighted by Crippen LogP contribution is -2.45. The summed E-state index contributed by atoms with van der Waals surface area (Å²) in [5.74, 6) is 0.703. The topological polar surface area (TPSA) is 47.4 Å². The zero-order chi connectivity index (χ0) is 16.5.